The van der Waals surface area contributed by atoms with Gasteiger partial charge in [-0.2, -0.15) is 4.31 Å². The first-order valence-electron chi connectivity index (χ1n) is 9.59. The van der Waals surface area contributed by atoms with Crippen LogP contribution in [0.3, 0.4) is 0 Å². The predicted molar refractivity (Wildman–Crippen MR) is 109 cm³/mol. The largest absolute Gasteiger partial charge is 0.337 e. The Morgan fingerprint density at radius 2 is 1.78 bits per heavy atom. The van der Waals surface area contributed by atoms with E-state index in [1.54, 1.807) is 28.6 Å². The molecule has 0 aliphatic carbocycles. The summed E-state index contributed by atoms with van der Waals surface area (Å²) in [5.74, 6) is -0.0853. The summed E-state index contributed by atoms with van der Waals surface area (Å²) in [5.41, 5.74) is 0.456. The average Bonchev–Trinajstić information content (AvgIpc) is 2.97. The lowest BCUT2D eigenvalue weighted by Gasteiger charge is -2.32. The average molecular weight is 416 g/mol. The van der Waals surface area contributed by atoms with Crippen LogP contribution in [0, 0.1) is 0 Å². The van der Waals surface area contributed by atoms with E-state index in [9.17, 15) is 13.2 Å². The summed E-state index contributed by atoms with van der Waals surface area (Å²) in [6.45, 7) is 2.52. The number of nitrogens with zero attached hydrogens (tertiary/aromatic N) is 2. The number of piperidine rings is 1. The van der Waals surface area contributed by atoms with Gasteiger partial charge in [-0.1, -0.05) is 18.9 Å². The van der Waals surface area contributed by atoms with Gasteiger partial charge in [-0.15, -0.1) is 12.4 Å². The van der Waals surface area contributed by atoms with Crippen LogP contribution < -0.4 is 5.32 Å². The number of rotatable bonds is 4. The van der Waals surface area contributed by atoms with Crippen molar-refractivity contribution in [2.75, 3.05) is 33.2 Å². The quantitative estimate of drug-likeness (QED) is 0.820. The third-order valence-corrected chi connectivity index (χ3v) is 7.30. The molecule has 2 fully saturated rings. The van der Waals surface area contributed by atoms with Crippen molar-refractivity contribution in [3.63, 3.8) is 0 Å². The number of hydrogen-bond donors (Lipinski definition) is 1. The lowest BCUT2D eigenvalue weighted by Crippen LogP contribution is -2.47. The standard InChI is InChI=1S/C19H29N3O3S.ClH/c1-20-17-9-7-11-21(15-17)19(23)16-8-6-10-18(14-16)26(24,25)22-12-4-2-3-5-13-22;/h6,8,10,14,17,20H,2-5,7,9,11-13,15H2,1H3;1H. The van der Waals surface area contributed by atoms with E-state index in [0.717, 1.165) is 45.1 Å². The fourth-order valence-electron chi connectivity index (χ4n) is 3.80. The molecule has 1 N–H and O–H groups in total. The van der Waals surface area contributed by atoms with Crippen LogP contribution in [0.25, 0.3) is 0 Å². The molecule has 2 aliphatic rings. The minimum Gasteiger partial charge on any atom is -0.337 e. The number of benzene rings is 1. The number of carbonyl (C=O) groups is 1. The number of amides is 1. The van der Waals surface area contributed by atoms with Crippen LogP contribution in [-0.2, 0) is 10.0 Å². The van der Waals surface area contributed by atoms with Gasteiger partial charge in [-0.3, -0.25) is 4.79 Å². The van der Waals surface area contributed by atoms with Gasteiger partial charge in [-0.05, 0) is 50.9 Å². The number of carbonyl (C=O) groups excluding carboxylic acids is 1. The number of halogens is 1. The van der Waals surface area contributed by atoms with Crippen LogP contribution in [0.5, 0.6) is 0 Å². The van der Waals surface area contributed by atoms with Gasteiger partial charge in [0.1, 0.15) is 0 Å². The first-order chi connectivity index (χ1) is 12.5. The Morgan fingerprint density at radius 1 is 1.07 bits per heavy atom. The highest BCUT2D eigenvalue weighted by atomic mass is 35.5. The van der Waals surface area contributed by atoms with E-state index < -0.39 is 10.0 Å². The molecule has 6 nitrogen and oxygen atoms in total. The number of hydrogen-bond acceptors (Lipinski definition) is 4. The Balaban J connectivity index is 0.00000261. The maximum Gasteiger partial charge on any atom is 0.253 e. The van der Waals surface area contributed by atoms with Crippen molar-refractivity contribution >= 4 is 28.3 Å². The van der Waals surface area contributed by atoms with E-state index >= 15 is 0 Å². The normalized spacial score (nSPS) is 22.0. The molecule has 2 aliphatic heterocycles. The molecule has 0 bridgehead atoms. The van der Waals surface area contributed by atoms with Crippen molar-refractivity contribution in [1.29, 1.82) is 0 Å². The number of nitrogens with one attached hydrogen (secondary N) is 1. The second kappa shape index (κ2) is 9.87. The summed E-state index contributed by atoms with van der Waals surface area (Å²) >= 11 is 0. The molecule has 27 heavy (non-hydrogen) atoms. The van der Waals surface area contributed by atoms with E-state index in [4.69, 9.17) is 0 Å². The predicted octanol–water partition coefficient (Wildman–Crippen LogP) is 2.50. The first-order valence-corrected chi connectivity index (χ1v) is 11.0. The highest BCUT2D eigenvalue weighted by molar-refractivity contribution is 7.89. The van der Waals surface area contributed by atoms with Crippen LogP contribution >= 0.6 is 12.4 Å². The summed E-state index contributed by atoms with van der Waals surface area (Å²) < 4.78 is 27.5. The Bertz CT molecular complexity index is 733. The van der Waals surface area contributed by atoms with Crippen molar-refractivity contribution in [3.8, 4) is 0 Å². The Hall–Kier alpha value is -1.15. The van der Waals surface area contributed by atoms with Gasteiger partial charge in [0.05, 0.1) is 4.90 Å². The van der Waals surface area contributed by atoms with Gasteiger partial charge < -0.3 is 10.2 Å². The second-order valence-electron chi connectivity index (χ2n) is 7.23. The molecule has 0 aromatic heterocycles. The zero-order valence-electron chi connectivity index (χ0n) is 15.9. The number of likely N-dealkylation sites (N-methyl/N-ethyl adjacent to an activating group) is 1. The van der Waals surface area contributed by atoms with E-state index in [0.29, 0.717) is 31.2 Å². The summed E-state index contributed by atoms with van der Waals surface area (Å²) in [7, 11) is -1.63. The van der Waals surface area contributed by atoms with Gasteiger partial charge in [-0.25, -0.2) is 8.42 Å². The summed E-state index contributed by atoms with van der Waals surface area (Å²) in [6.07, 6.45) is 5.97. The van der Waals surface area contributed by atoms with Crippen LogP contribution in [0.4, 0.5) is 0 Å². The van der Waals surface area contributed by atoms with Gasteiger partial charge in [0, 0.05) is 37.8 Å². The fraction of sp³-hybridized carbons (Fsp3) is 0.632. The third-order valence-electron chi connectivity index (χ3n) is 5.40. The Morgan fingerprint density at radius 3 is 2.44 bits per heavy atom. The molecule has 1 aromatic rings. The van der Waals surface area contributed by atoms with Crippen molar-refractivity contribution in [3.05, 3.63) is 29.8 Å². The smallest absolute Gasteiger partial charge is 0.253 e. The zero-order chi connectivity index (χ0) is 18.6. The Labute approximate surface area is 168 Å². The highest BCUT2D eigenvalue weighted by Crippen LogP contribution is 2.22. The topological polar surface area (TPSA) is 69.7 Å². The SMILES string of the molecule is CNC1CCCN(C(=O)c2cccc(S(=O)(=O)N3CCCCCC3)c2)C1.Cl. The van der Waals surface area contributed by atoms with Crippen LogP contribution in [0.15, 0.2) is 29.2 Å². The Kier molecular flexibility index (Phi) is 8.09. The molecular weight excluding hydrogens is 386 g/mol. The van der Waals surface area contributed by atoms with Crippen molar-refractivity contribution in [2.24, 2.45) is 0 Å². The summed E-state index contributed by atoms with van der Waals surface area (Å²) in [6, 6.07) is 6.84. The van der Waals surface area contributed by atoms with E-state index in [-0.39, 0.29) is 23.2 Å². The molecular formula is C19H30ClN3O3S. The summed E-state index contributed by atoms with van der Waals surface area (Å²) in [5, 5.41) is 3.23. The van der Waals surface area contributed by atoms with Crippen molar-refractivity contribution < 1.29 is 13.2 Å². The highest BCUT2D eigenvalue weighted by Gasteiger charge is 2.27. The van der Waals surface area contributed by atoms with Gasteiger partial charge >= 0.3 is 0 Å². The number of sulfonamides is 1. The monoisotopic (exact) mass is 415 g/mol. The molecule has 2 saturated heterocycles. The molecule has 1 amide bonds. The lowest BCUT2D eigenvalue weighted by molar-refractivity contribution is 0.0698. The molecule has 0 spiro atoms. The maximum absolute atomic E-state index is 13.0. The first kappa shape index (κ1) is 22.1. The third kappa shape index (κ3) is 5.22. The molecule has 1 atom stereocenters. The molecule has 2 heterocycles. The van der Waals surface area contributed by atoms with E-state index in [2.05, 4.69) is 5.32 Å². The molecule has 0 radical (unpaired) electrons. The van der Waals surface area contributed by atoms with Gasteiger partial charge in [0.2, 0.25) is 10.0 Å². The molecule has 3 rings (SSSR count). The van der Waals surface area contributed by atoms with E-state index in [1.807, 2.05) is 11.9 Å². The lowest BCUT2D eigenvalue weighted by atomic mass is 10.0. The van der Waals surface area contributed by atoms with Crippen molar-refractivity contribution in [1.82, 2.24) is 14.5 Å². The summed E-state index contributed by atoms with van der Waals surface area (Å²) in [4.78, 5) is 14.9. The van der Waals surface area contributed by atoms with E-state index in [1.165, 1.54) is 0 Å². The fourth-order valence-corrected chi connectivity index (χ4v) is 5.36. The van der Waals surface area contributed by atoms with Crippen LogP contribution in [-0.4, -0.2) is 62.8 Å². The maximum atomic E-state index is 13.0. The minimum atomic E-state index is -3.54. The van der Waals surface area contributed by atoms with Crippen LogP contribution in [0.1, 0.15) is 48.9 Å². The van der Waals surface area contributed by atoms with Crippen LogP contribution in [0.2, 0.25) is 0 Å². The molecule has 0 saturated carbocycles. The number of likely N-dealkylation sites (tertiary alicyclic amines) is 1. The molecule has 152 valence electrons. The molecule has 1 aromatic carbocycles. The molecule has 8 heteroatoms. The van der Waals surface area contributed by atoms with Gasteiger partial charge in [0.25, 0.3) is 5.91 Å². The van der Waals surface area contributed by atoms with Crippen molar-refractivity contribution in [2.45, 2.75) is 49.5 Å². The molecule has 1 unspecified atom stereocenters. The minimum absolute atomic E-state index is 0. The zero-order valence-corrected chi connectivity index (χ0v) is 17.5. The van der Waals surface area contributed by atoms with Gasteiger partial charge in [0.15, 0.2) is 0 Å². The second-order valence-corrected chi connectivity index (χ2v) is 9.16.